The summed E-state index contributed by atoms with van der Waals surface area (Å²) in [7, 11) is 0. The molecule has 2 saturated carbocycles. The number of benzene rings is 1. The van der Waals surface area contributed by atoms with Crippen molar-refractivity contribution in [3.63, 3.8) is 0 Å². The van der Waals surface area contributed by atoms with Crippen LogP contribution in [0.3, 0.4) is 0 Å². The number of hydrogen-bond donors (Lipinski definition) is 1. The molecule has 2 aliphatic carbocycles. The van der Waals surface area contributed by atoms with E-state index in [0.29, 0.717) is 31.2 Å². The summed E-state index contributed by atoms with van der Waals surface area (Å²) in [6.45, 7) is 6.06. The lowest BCUT2D eigenvalue weighted by molar-refractivity contribution is -0.143. The van der Waals surface area contributed by atoms with Gasteiger partial charge < -0.3 is 19.9 Å². The average Bonchev–Trinajstić information content (AvgIpc) is 3.34. The van der Waals surface area contributed by atoms with Crippen LogP contribution in [0.1, 0.15) is 77.3 Å². The van der Waals surface area contributed by atoms with Crippen LogP contribution < -0.4 is 5.32 Å². The van der Waals surface area contributed by atoms with Gasteiger partial charge in [0.15, 0.2) is 0 Å². The molecule has 3 amide bonds. The predicted molar refractivity (Wildman–Crippen MR) is 148 cm³/mol. The normalized spacial score (nSPS) is 30.7. The maximum Gasteiger partial charge on any atom is 0.408 e. The maximum absolute atomic E-state index is 14.0. The second-order valence-corrected chi connectivity index (χ2v) is 13.5. The van der Waals surface area contributed by atoms with Crippen LogP contribution in [-0.2, 0) is 14.3 Å². The van der Waals surface area contributed by atoms with E-state index in [-0.39, 0.29) is 48.3 Å². The summed E-state index contributed by atoms with van der Waals surface area (Å²) in [6, 6.07) is 6.93. The number of nitrogens with zero attached hydrogens (tertiary/aromatic N) is 4. The van der Waals surface area contributed by atoms with Crippen molar-refractivity contribution < 1.29 is 23.5 Å². The predicted octanol–water partition coefficient (Wildman–Crippen LogP) is 3.75. The highest BCUT2D eigenvalue weighted by Crippen LogP contribution is 2.48. The van der Waals surface area contributed by atoms with E-state index in [0.717, 1.165) is 37.7 Å². The van der Waals surface area contributed by atoms with Gasteiger partial charge in [-0.2, -0.15) is 5.26 Å². The van der Waals surface area contributed by atoms with Crippen molar-refractivity contribution in [3.8, 4) is 6.07 Å². The Morgan fingerprint density at radius 1 is 1.15 bits per heavy atom. The van der Waals surface area contributed by atoms with Gasteiger partial charge in [-0.3, -0.25) is 14.5 Å². The lowest BCUT2D eigenvalue weighted by Gasteiger charge is -2.42. The number of carbonyl (C=O) groups excluding carboxylic acids is 3. The van der Waals surface area contributed by atoms with Crippen molar-refractivity contribution in [2.45, 2.75) is 108 Å². The Morgan fingerprint density at radius 2 is 1.85 bits per heavy atom. The Bertz CT molecular complexity index is 1240. The van der Waals surface area contributed by atoms with Crippen LogP contribution in [0.5, 0.6) is 0 Å². The number of nitriles is 1. The first-order chi connectivity index (χ1) is 19.5. The third-order valence-electron chi connectivity index (χ3n) is 9.59. The lowest BCUT2D eigenvalue weighted by atomic mass is 9.89. The number of rotatable bonds is 7. The monoisotopic (exact) mass is 565 g/mol. The molecule has 220 valence electrons. The maximum atomic E-state index is 14.0. The second kappa shape index (κ2) is 10.6. The van der Waals surface area contributed by atoms with Gasteiger partial charge in [-0.1, -0.05) is 25.0 Å². The van der Waals surface area contributed by atoms with Gasteiger partial charge in [-0.05, 0) is 82.4 Å². The Labute approximate surface area is 241 Å². The molecule has 1 N–H and O–H groups in total. The molecule has 1 aromatic rings. The van der Waals surface area contributed by atoms with E-state index in [2.05, 4.69) is 11.4 Å². The molecule has 10 heteroatoms. The highest BCUT2D eigenvalue weighted by Gasteiger charge is 2.57. The van der Waals surface area contributed by atoms with E-state index in [1.165, 1.54) is 12.1 Å². The number of halogens is 1. The first kappa shape index (κ1) is 28.0. The van der Waals surface area contributed by atoms with Crippen LogP contribution in [0.15, 0.2) is 24.3 Å². The SMILES string of the molecule is CC(C)(C)OC(=O)N[C@@H](CN1C[C@@H]2C[C@H]1C(=O)N2[C@H](c1ccc(F)cc1)C1CCCC1)C(=O)N1[C@H](C#N)C[C@@H]2C[C@@H]21. The highest BCUT2D eigenvalue weighted by atomic mass is 19.1. The Morgan fingerprint density at radius 3 is 2.49 bits per heavy atom. The molecular weight excluding hydrogens is 525 g/mol. The summed E-state index contributed by atoms with van der Waals surface area (Å²) in [5, 5.41) is 12.5. The summed E-state index contributed by atoms with van der Waals surface area (Å²) in [5.74, 6) is 0.147. The second-order valence-electron chi connectivity index (χ2n) is 13.5. The van der Waals surface area contributed by atoms with Crippen molar-refractivity contribution >= 4 is 17.9 Å². The molecule has 6 rings (SSSR count). The largest absolute Gasteiger partial charge is 0.444 e. The van der Waals surface area contributed by atoms with Gasteiger partial charge in [0.25, 0.3) is 0 Å². The molecule has 0 spiro atoms. The molecule has 1 aromatic carbocycles. The number of likely N-dealkylation sites (tertiary alicyclic amines) is 3. The topological polar surface area (TPSA) is 106 Å². The fourth-order valence-corrected chi connectivity index (χ4v) is 7.79. The Kier molecular flexibility index (Phi) is 7.21. The lowest BCUT2D eigenvalue weighted by Crippen LogP contribution is -2.59. The number of piperidine rings is 1. The zero-order valence-corrected chi connectivity index (χ0v) is 24.1. The van der Waals surface area contributed by atoms with Crippen LogP contribution in [-0.4, -0.2) is 81.5 Å². The van der Waals surface area contributed by atoms with E-state index < -0.39 is 23.8 Å². The fourth-order valence-electron chi connectivity index (χ4n) is 7.79. The fraction of sp³-hybridized carbons (Fsp3) is 0.677. The van der Waals surface area contributed by atoms with Gasteiger partial charge in [-0.15, -0.1) is 0 Å². The number of nitrogens with one attached hydrogen (secondary N) is 1. The van der Waals surface area contributed by atoms with Crippen LogP contribution >= 0.6 is 0 Å². The quantitative estimate of drug-likeness (QED) is 0.540. The van der Waals surface area contributed by atoms with E-state index in [9.17, 15) is 24.0 Å². The highest BCUT2D eigenvalue weighted by molar-refractivity contribution is 5.89. The number of carbonyl (C=O) groups is 3. The molecule has 0 unspecified atom stereocenters. The molecular formula is C31H40FN5O4. The molecule has 7 atom stereocenters. The van der Waals surface area contributed by atoms with Crippen molar-refractivity contribution in [2.75, 3.05) is 13.1 Å². The molecule has 2 bridgehead atoms. The summed E-state index contributed by atoms with van der Waals surface area (Å²) in [5.41, 5.74) is 0.238. The number of ether oxygens (including phenoxy) is 1. The summed E-state index contributed by atoms with van der Waals surface area (Å²) in [6.07, 6.45) is 5.87. The Hall–Kier alpha value is -3.19. The number of piperazine rings is 1. The number of alkyl carbamates (subject to hydrolysis) is 1. The van der Waals surface area contributed by atoms with Crippen LogP contribution in [0.2, 0.25) is 0 Å². The van der Waals surface area contributed by atoms with Gasteiger partial charge in [0.1, 0.15) is 23.5 Å². The minimum Gasteiger partial charge on any atom is -0.444 e. The van der Waals surface area contributed by atoms with Gasteiger partial charge in [0.05, 0.1) is 18.2 Å². The molecule has 9 nitrogen and oxygen atoms in total. The molecule has 5 fully saturated rings. The zero-order chi connectivity index (χ0) is 29.1. The molecule has 41 heavy (non-hydrogen) atoms. The number of fused-ring (bicyclic) bond motifs is 3. The minimum absolute atomic E-state index is 0.0214. The van der Waals surface area contributed by atoms with Crippen molar-refractivity contribution in [3.05, 3.63) is 35.6 Å². The first-order valence-corrected chi connectivity index (χ1v) is 15.1. The van der Waals surface area contributed by atoms with Gasteiger partial charge in [-0.25, -0.2) is 9.18 Å². The van der Waals surface area contributed by atoms with Gasteiger partial charge >= 0.3 is 6.09 Å². The first-order valence-electron chi connectivity index (χ1n) is 15.1. The standard InChI is InChI=1S/C31H40FN5O4/c1-31(2,3)41-30(40)34-24(28(38)36-22(15-33)12-20-13-25(20)36)17-35-16-23-14-26(35)29(39)37(23)27(18-6-4-5-7-18)19-8-10-21(32)11-9-19/h8-11,18,20,22-27H,4-7,12-14,16-17H2,1-3H3,(H,34,40)/t20-,22+,23+,24+,25+,26+,27+/m1/s1. The summed E-state index contributed by atoms with van der Waals surface area (Å²) >= 11 is 0. The van der Waals surface area contributed by atoms with Gasteiger partial charge in [0, 0.05) is 25.2 Å². The Balaban J connectivity index is 1.21. The van der Waals surface area contributed by atoms with E-state index in [1.54, 1.807) is 25.7 Å². The molecule has 3 saturated heterocycles. The van der Waals surface area contributed by atoms with Gasteiger partial charge in [0.2, 0.25) is 11.8 Å². The third kappa shape index (κ3) is 5.41. The average molecular weight is 566 g/mol. The van der Waals surface area contributed by atoms with E-state index in [1.807, 2.05) is 21.9 Å². The van der Waals surface area contributed by atoms with E-state index in [4.69, 9.17) is 4.74 Å². The van der Waals surface area contributed by atoms with Crippen molar-refractivity contribution in [1.29, 1.82) is 5.26 Å². The van der Waals surface area contributed by atoms with Crippen LogP contribution in [0.25, 0.3) is 0 Å². The minimum atomic E-state index is -0.927. The van der Waals surface area contributed by atoms with Crippen LogP contribution in [0.4, 0.5) is 9.18 Å². The summed E-state index contributed by atoms with van der Waals surface area (Å²) in [4.78, 5) is 46.3. The van der Waals surface area contributed by atoms with Crippen molar-refractivity contribution in [1.82, 2.24) is 20.0 Å². The molecule has 5 aliphatic rings. The molecule has 0 aromatic heterocycles. The molecule has 3 heterocycles. The van der Waals surface area contributed by atoms with Crippen molar-refractivity contribution in [2.24, 2.45) is 11.8 Å². The van der Waals surface area contributed by atoms with Crippen LogP contribution in [0, 0.1) is 29.0 Å². The van der Waals surface area contributed by atoms with E-state index >= 15 is 0 Å². The molecule has 3 aliphatic heterocycles. The molecule has 0 radical (unpaired) electrons. The third-order valence-corrected chi connectivity index (χ3v) is 9.59. The smallest absolute Gasteiger partial charge is 0.408 e. The summed E-state index contributed by atoms with van der Waals surface area (Å²) < 4.78 is 19.2. The zero-order valence-electron chi connectivity index (χ0n) is 24.1. The number of hydrogen-bond acceptors (Lipinski definition) is 6. The number of amides is 3.